The van der Waals surface area contributed by atoms with E-state index in [1.165, 1.54) is 20.0 Å². The highest BCUT2D eigenvalue weighted by atomic mass is 35.5. The SMILES string of the molecule is COC(=O)NCc1ccc(Cl)c(CNC2CC2)c1. The molecule has 1 aromatic rings. The fourth-order valence-corrected chi connectivity index (χ4v) is 1.85. The van der Waals surface area contributed by atoms with Crippen molar-refractivity contribution >= 4 is 17.7 Å². The zero-order chi connectivity index (χ0) is 13.0. The van der Waals surface area contributed by atoms with E-state index in [4.69, 9.17) is 11.6 Å². The second-order valence-corrected chi connectivity index (χ2v) is 4.83. The number of methoxy groups -OCH3 is 1. The summed E-state index contributed by atoms with van der Waals surface area (Å²) >= 11 is 6.14. The van der Waals surface area contributed by atoms with Crippen molar-refractivity contribution in [3.05, 3.63) is 34.3 Å². The van der Waals surface area contributed by atoms with E-state index in [-0.39, 0.29) is 0 Å². The number of benzene rings is 1. The average molecular weight is 269 g/mol. The van der Waals surface area contributed by atoms with Gasteiger partial charge in [0.2, 0.25) is 0 Å². The molecule has 2 rings (SSSR count). The summed E-state index contributed by atoms with van der Waals surface area (Å²) in [6.45, 7) is 1.22. The van der Waals surface area contributed by atoms with E-state index in [0.29, 0.717) is 12.6 Å². The lowest BCUT2D eigenvalue weighted by Gasteiger charge is -2.09. The first-order valence-corrected chi connectivity index (χ1v) is 6.39. The van der Waals surface area contributed by atoms with E-state index in [9.17, 15) is 4.79 Å². The minimum atomic E-state index is -0.428. The van der Waals surface area contributed by atoms with Gasteiger partial charge in [0.1, 0.15) is 0 Å². The maximum Gasteiger partial charge on any atom is 0.407 e. The predicted octanol–water partition coefficient (Wildman–Crippen LogP) is 2.45. The molecule has 0 bridgehead atoms. The van der Waals surface area contributed by atoms with Crippen molar-refractivity contribution in [2.75, 3.05) is 7.11 Å². The second kappa shape index (κ2) is 6.07. The molecule has 1 aliphatic carbocycles. The molecule has 0 radical (unpaired) electrons. The van der Waals surface area contributed by atoms with Crippen molar-refractivity contribution in [2.45, 2.75) is 32.0 Å². The average Bonchev–Trinajstić information content (AvgIpc) is 3.19. The third kappa shape index (κ3) is 3.89. The highest BCUT2D eigenvalue weighted by molar-refractivity contribution is 6.31. The molecule has 18 heavy (non-hydrogen) atoms. The Morgan fingerprint density at radius 2 is 2.22 bits per heavy atom. The number of alkyl carbamates (subject to hydrolysis) is 1. The van der Waals surface area contributed by atoms with Gasteiger partial charge in [-0.1, -0.05) is 23.7 Å². The molecular formula is C13H17ClN2O2. The third-order valence-electron chi connectivity index (χ3n) is 2.89. The number of nitrogens with one attached hydrogen (secondary N) is 2. The van der Waals surface area contributed by atoms with Crippen molar-refractivity contribution in [2.24, 2.45) is 0 Å². The fraction of sp³-hybridized carbons (Fsp3) is 0.462. The summed E-state index contributed by atoms with van der Waals surface area (Å²) in [5.41, 5.74) is 2.07. The van der Waals surface area contributed by atoms with Crippen molar-refractivity contribution in [1.82, 2.24) is 10.6 Å². The monoisotopic (exact) mass is 268 g/mol. The van der Waals surface area contributed by atoms with Gasteiger partial charge in [-0.2, -0.15) is 0 Å². The molecule has 1 aromatic carbocycles. The molecule has 98 valence electrons. The third-order valence-corrected chi connectivity index (χ3v) is 3.26. The van der Waals surface area contributed by atoms with Crippen LogP contribution in [0.2, 0.25) is 5.02 Å². The van der Waals surface area contributed by atoms with Crippen LogP contribution < -0.4 is 10.6 Å². The quantitative estimate of drug-likeness (QED) is 0.862. The topological polar surface area (TPSA) is 50.4 Å². The molecule has 4 nitrogen and oxygen atoms in total. The Kier molecular flexibility index (Phi) is 4.44. The van der Waals surface area contributed by atoms with Crippen LogP contribution in [-0.4, -0.2) is 19.2 Å². The van der Waals surface area contributed by atoms with Gasteiger partial charge in [-0.25, -0.2) is 4.79 Å². The molecule has 0 saturated heterocycles. The van der Waals surface area contributed by atoms with Gasteiger partial charge in [0.25, 0.3) is 0 Å². The summed E-state index contributed by atoms with van der Waals surface area (Å²) in [6, 6.07) is 6.42. The number of amides is 1. The number of carbonyl (C=O) groups is 1. The number of carbonyl (C=O) groups excluding carboxylic acids is 1. The molecule has 1 fully saturated rings. The van der Waals surface area contributed by atoms with Gasteiger partial charge in [-0.15, -0.1) is 0 Å². The van der Waals surface area contributed by atoms with Crippen molar-refractivity contribution in [3.8, 4) is 0 Å². The number of ether oxygens (including phenoxy) is 1. The van der Waals surface area contributed by atoms with Crippen LogP contribution >= 0.6 is 11.6 Å². The van der Waals surface area contributed by atoms with Gasteiger partial charge >= 0.3 is 6.09 Å². The lowest BCUT2D eigenvalue weighted by molar-refractivity contribution is 0.170. The molecule has 1 aliphatic rings. The zero-order valence-corrected chi connectivity index (χ0v) is 11.1. The van der Waals surface area contributed by atoms with Crippen molar-refractivity contribution in [1.29, 1.82) is 0 Å². The van der Waals surface area contributed by atoms with Crippen LogP contribution in [0.3, 0.4) is 0 Å². The van der Waals surface area contributed by atoms with E-state index in [1.54, 1.807) is 0 Å². The van der Waals surface area contributed by atoms with Crippen LogP contribution in [0.1, 0.15) is 24.0 Å². The molecule has 2 N–H and O–H groups in total. The molecule has 0 unspecified atom stereocenters. The number of hydrogen-bond acceptors (Lipinski definition) is 3. The maximum atomic E-state index is 11.0. The zero-order valence-electron chi connectivity index (χ0n) is 10.3. The molecule has 0 heterocycles. The largest absolute Gasteiger partial charge is 0.453 e. The van der Waals surface area contributed by atoms with Crippen molar-refractivity contribution in [3.63, 3.8) is 0 Å². The smallest absolute Gasteiger partial charge is 0.407 e. The van der Waals surface area contributed by atoms with Gasteiger partial charge in [0, 0.05) is 24.2 Å². The van der Waals surface area contributed by atoms with Gasteiger partial charge in [-0.05, 0) is 30.0 Å². The van der Waals surface area contributed by atoms with E-state index in [0.717, 1.165) is 22.7 Å². The Hall–Kier alpha value is -1.26. The summed E-state index contributed by atoms with van der Waals surface area (Å²) in [5.74, 6) is 0. The second-order valence-electron chi connectivity index (χ2n) is 4.43. The fourth-order valence-electron chi connectivity index (χ4n) is 1.66. The normalized spacial score (nSPS) is 14.3. The highest BCUT2D eigenvalue weighted by Crippen LogP contribution is 2.22. The Morgan fingerprint density at radius 3 is 2.89 bits per heavy atom. The van der Waals surface area contributed by atoms with Crippen LogP contribution in [0.5, 0.6) is 0 Å². The summed E-state index contributed by atoms with van der Waals surface area (Å²) < 4.78 is 4.52. The summed E-state index contributed by atoms with van der Waals surface area (Å²) in [5, 5.41) is 6.82. The summed E-state index contributed by atoms with van der Waals surface area (Å²) in [6.07, 6.45) is 2.07. The molecule has 0 spiro atoms. The molecular weight excluding hydrogens is 252 g/mol. The molecule has 0 aromatic heterocycles. The lowest BCUT2D eigenvalue weighted by atomic mass is 10.1. The number of rotatable bonds is 5. The molecule has 1 amide bonds. The van der Waals surface area contributed by atoms with E-state index in [2.05, 4.69) is 15.4 Å². The van der Waals surface area contributed by atoms with Crippen LogP contribution in [-0.2, 0) is 17.8 Å². The first-order chi connectivity index (χ1) is 8.69. The first-order valence-electron chi connectivity index (χ1n) is 6.01. The summed E-state index contributed by atoms with van der Waals surface area (Å²) in [4.78, 5) is 11.0. The lowest BCUT2D eigenvalue weighted by Crippen LogP contribution is -2.22. The first kappa shape index (κ1) is 13.2. The standard InChI is InChI=1S/C13H17ClN2O2/c1-18-13(17)16-7-9-2-5-12(14)10(6-9)8-15-11-3-4-11/h2,5-6,11,15H,3-4,7-8H2,1H3,(H,16,17). The van der Waals surface area contributed by atoms with Crippen LogP contribution in [0.15, 0.2) is 18.2 Å². The van der Waals surface area contributed by atoms with Crippen molar-refractivity contribution < 1.29 is 9.53 Å². The Labute approximate surface area is 112 Å². The highest BCUT2D eigenvalue weighted by Gasteiger charge is 2.20. The van der Waals surface area contributed by atoms with E-state index >= 15 is 0 Å². The molecule has 0 aliphatic heterocycles. The van der Waals surface area contributed by atoms with Gasteiger partial charge in [0.05, 0.1) is 7.11 Å². The number of hydrogen-bond donors (Lipinski definition) is 2. The van der Waals surface area contributed by atoms with Gasteiger partial charge < -0.3 is 15.4 Å². The van der Waals surface area contributed by atoms with E-state index < -0.39 is 6.09 Å². The predicted molar refractivity (Wildman–Crippen MR) is 70.6 cm³/mol. The van der Waals surface area contributed by atoms with Crippen LogP contribution in [0, 0.1) is 0 Å². The number of halogens is 1. The van der Waals surface area contributed by atoms with Crippen LogP contribution in [0.4, 0.5) is 4.79 Å². The van der Waals surface area contributed by atoms with Gasteiger partial charge in [0.15, 0.2) is 0 Å². The maximum absolute atomic E-state index is 11.0. The van der Waals surface area contributed by atoms with Crippen LogP contribution in [0.25, 0.3) is 0 Å². The Morgan fingerprint density at radius 1 is 1.44 bits per heavy atom. The van der Waals surface area contributed by atoms with E-state index in [1.807, 2.05) is 18.2 Å². The summed E-state index contributed by atoms with van der Waals surface area (Å²) in [7, 11) is 1.35. The minimum absolute atomic E-state index is 0.428. The molecule has 0 atom stereocenters. The molecule has 5 heteroatoms. The molecule has 1 saturated carbocycles. The minimum Gasteiger partial charge on any atom is -0.453 e. The Bertz CT molecular complexity index is 433. The Balaban J connectivity index is 1.93. The van der Waals surface area contributed by atoms with Gasteiger partial charge in [-0.3, -0.25) is 0 Å².